The number of hydrogen-bond acceptors (Lipinski definition) is 3. The Kier molecular flexibility index (Phi) is 4.50. The van der Waals surface area contributed by atoms with Gasteiger partial charge in [-0.25, -0.2) is 0 Å². The van der Waals surface area contributed by atoms with Crippen molar-refractivity contribution in [3.05, 3.63) is 0 Å². The zero-order valence-electron chi connectivity index (χ0n) is 7.11. The molecule has 0 aliphatic rings. The molecule has 1 atom stereocenters. The van der Waals surface area contributed by atoms with Crippen molar-refractivity contribution in [1.29, 1.82) is 0 Å². The summed E-state index contributed by atoms with van der Waals surface area (Å²) in [7, 11) is 0. The first-order valence-electron chi connectivity index (χ1n) is 3.64. The average Bonchev–Trinajstić information content (AvgIpc) is 1.98. The third-order valence-corrected chi connectivity index (χ3v) is 1.34. The molecular formula is C7H11NO5. The Morgan fingerprint density at radius 2 is 1.77 bits per heavy atom. The molecule has 0 saturated heterocycles. The van der Waals surface area contributed by atoms with Crippen molar-refractivity contribution in [3.63, 3.8) is 0 Å². The predicted octanol–water partition coefficient (Wildman–Crippen LogP) is -0.702. The van der Waals surface area contributed by atoms with Crippen molar-refractivity contribution in [3.8, 4) is 0 Å². The lowest BCUT2D eigenvalue weighted by atomic mass is 10.1. The number of carboxylic acid groups (broad SMARTS) is 2. The summed E-state index contributed by atoms with van der Waals surface area (Å²) < 4.78 is 0. The quantitative estimate of drug-likeness (QED) is 0.530. The fourth-order valence-electron chi connectivity index (χ4n) is 0.692. The molecule has 0 heterocycles. The minimum atomic E-state index is -1.16. The standard InChI is InChI=1S/C7H11NO5/c1-4(2-5(9)10)7(13)8-3-6(11)12/h4H,2-3H2,1H3,(H,8,13)(H,9,10)(H,11,12)/t4-/m0/s1. The van der Waals surface area contributed by atoms with Crippen LogP contribution < -0.4 is 5.32 Å². The first-order chi connectivity index (χ1) is 5.93. The Hall–Kier alpha value is -1.59. The summed E-state index contributed by atoms with van der Waals surface area (Å²) in [6.07, 6.45) is -0.300. The van der Waals surface area contributed by atoms with Crippen molar-refractivity contribution in [1.82, 2.24) is 5.32 Å². The van der Waals surface area contributed by atoms with Crippen LogP contribution in [0.1, 0.15) is 13.3 Å². The first-order valence-corrected chi connectivity index (χ1v) is 3.64. The van der Waals surface area contributed by atoms with Gasteiger partial charge in [0, 0.05) is 5.92 Å². The second kappa shape index (κ2) is 5.13. The highest BCUT2D eigenvalue weighted by Gasteiger charge is 2.16. The van der Waals surface area contributed by atoms with Crippen LogP contribution in [-0.4, -0.2) is 34.6 Å². The lowest BCUT2D eigenvalue weighted by molar-refractivity contribution is -0.141. The molecule has 13 heavy (non-hydrogen) atoms. The van der Waals surface area contributed by atoms with Crippen LogP contribution in [0.2, 0.25) is 0 Å². The third-order valence-electron chi connectivity index (χ3n) is 1.34. The van der Waals surface area contributed by atoms with E-state index in [2.05, 4.69) is 5.32 Å². The summed E-state index contributed by atoms with van der Waals surface area (Å²) >= 11 is 0. The minimum absolute atomic E-state index is 0.300. The van der Waals surface area contributed by atoms with Gasteiger partial charge >= 0.3 is 11.9 Å². The van der Waals surface area contributed by atoms with Crippen LogP contribution in [0.25, 0.3) is 0 Å². The molecule has 0 saturated carbocycles. The van der Waals surface area contributed by atoms with Gasteiger partial charge in [-0.05, 0) is 0 Å². The SMILES string of the molecule is C[C@@H](CC(=O)O)C(=O)NCC(=O)O. The highest BCUT2D eigenvalue weighted by Crippen LogP contribution is 2.00. The number of rotatable bonds is 5. The van der Waals surface area contributed by atoms with Gasteiger partial charge in [-0.2, -0.15) is 0 Å². The number of nitrogens with one attached hydrogen (secondary N) is 1. The van der Waals surface area contributed by atoms with Crippen molar-refractivity contribution in [2.24, 2.45) is 5.92 Å². The molecule has 0 radical (unpaired) electrons. The second-order valence-electron chi connectivity index (χ2n) is 2.61. The van der Waals surface area contributed by atoms with Crippen molar-refractivity contribution in [2.45, 2.75) is 13.3 Å². The molecule has 6 heteroatoms. The molecular weight excluding hydrogens is 178 g/mol. The zero-order chi connectivity index (χ0) is 10.4. The molecule has 0 aromatic heterocycles. The Labute approximate surface area is 74.6 Å². The summed E-state index contributed by atoms with van der Waals surface area (Å²) in [5.74, 6) is -3.52. The van der Waals surface area contributed by atoms with E-state index < -0.39 is 30.3 Å². The molecule has 74 valence electrons. The van der Waals surface area contributed by atoms with E-state index in [1.54, 1.807) is 0 Å². The molecule has 0 bridgehead atoms. The summed E-state index contributed by atoms with van der Waals surface area (Å²) in [4.78, 5) is 31.1. The van der Waals surface area contributed by atoms with Gasteiger partial charge < -0.3 is 15.5 Å². The predicted molar refractivity (Wildman–Crippen MR) is 42.1 cm³/mol. The highest BCUT2D eigenvalue weighted by atomic mass is 16.4. The monoisotopic (exact) mass is 189 g/mol. The smallest absolute Gasteiger partial charge is 0.322 e. The summed E-state index contributed by atoms with van der Waals surface area (Å²) in [6.45, 7) is 0.939. The maximum Gasteiger partial charge on any atom is 0.322 e. The average molecular weight is 189 g/mol. The molecule has 0 unspecified atom stereocenters. The van der Waals surface area contributed by atoms with Crippen LogP contribution in [0.3, 0.4) is 0 Å². The summed E-state index contributed by atoms with van der Waals surface area (Å²) in [5, 5.41) is 18.6. The largest absolute Gasteiger partial charge is 0.481 e. The summed E-state index contributed by atoms with van der Waals surface area (Å²) in [6, 6.07) is 0. The molecule has 0 aromatic carbocycles. The molecule has 0 aromatic rings. The lowest BCUT2D eigenvalue weighted by Crippen LogP contribution is -2.34. The Bertz CT molecular complexity index is 225. The van der Waals surface area contributed by atoms with Crippen LogP contribution in [-0.2, 0) is 14.4 Å². The van der Waals surface area contributed by atoms with E-state index in [1.807, 2.05) is 0 Å². The van der Waals surface area contributed by atoms with Gasteiger partial charge in [0.25, 0.3) is 0 Å². The molecule has 0 aliphatic carbocycles. The number of carbonyl (C=O) groups is 3. The maximum absolute atomic E-state index is 10.9. The highest BCUT2D eigenvalue weighted by molar-refractivity contribution is 5.85. The van der Waals surface area contributed by atoms with Gasteiger partial charge in [0.2, 0.25) is 5.91 Å². The lowest BCUT2D eigenvalue weighted by Gasteiger charge is -2.07. The molecule has 1 amide bonds. The van der Waals surface area contributed by atoms with E-state index >= 15 is 0 Å². The fraction of sp³-hybridized carbons (Fsp3) is 0.571. The topological polar surface area (TPSA) is 104 Å². The van der Waals surface area contributed by atoms with Crippen LogP contribution in [0, 0.1) is 5.92 Å². The Morgan fingerprint density at radius 1 is 1.23 bits per heavy atom. The van der Waals surface area contributed by atoms with Gasteiger partial charge in [0.05, 0.1) is 6.42 Å². The van der Waals surface area contributed by atoms with Crippen LogP contribution in [0.15, 0.2) is 0 Å². The van der Waals surface area contributed by atoms with Crippen LogP contribution in [0.5, 0.6) is 0 Å². The van der Waals surface area contributed by atoms with E-state index in [9.17, 15) is 14.4 Å². The first kappa shape index (κ1) is 11.4. The maximum atomic E-state index is 10.9. The van der Waals surface area contributed by atoms with E-state index in [0.29, 0.717) is 0 Å². The zero-order valence-corrected chi connectivity index (χ0v) is 7.11. The molecule has 0 fully saturated rings. The van der Waals surface area contributed by atoms with Gasteiger partial charge in [0.1, 0.15) is 6.54 Å². The number of amides is 1. The summed E-state index contributed by atoms with van der Waals surface area (Å²) in [5.41, 5.74) is 0. The van der Waals surface area contributed by atoms with Gasteiger partial charge in [-0.15, -0.1) is 0 Å². The van der Waals surface area contributed by atoms with Crippen molar-refractivity contribution in [2.75, 3.05) is 6.54 Å². The number of carbonyl (C=O) groups excluding carboxylic acids is 1. The normalized spacial score (nSPS) is 11.8. The Balaban J connectivity index is 3.82. The van der Waals surface area contributed by atoms with Crippen molar-refractivity contribution < 1.29 is 24.6 Å². The van der Waals surface area contributed by atoms with Gasteiger partial charge in [-0.1, -0.05) is 6.92 Å². The molecule has 0 aliphatic heterocycles. The van der Waals surface area contributed by atoms with E-state index in [-0.39, 0.29) is 6.42 Å². The molecule has 3 N–H and O–H groups in total. The van der Waals surface area contributed by atoms with Gasteiger partial charge in [-0.3, -0.25) is 14.4 Å². The molecule has 6 nitrogen and oxygen atoms in total. The molecule has 0 rings (SSSR count). The molecule has 0 spiro atoms. The van der Waals surface area contributed by atoms with E-state index in [0.717, 1.165) is 0 Å². The second-order valence-corrected chi connectivity index (χ2v) is 2.61. The number of aliphatic carboxylic acids is 2. The minimum Gasteiger partial charge on any atom is -0.481 e. The van der Waals surface area contributed by atoms with Gasteiger partial charge in [0.15, 0.2) is 0 Å². The Morgan fingerprint density at radius 3 is 2.15 bits per heavy atom. The van der Waals surface area contributed by atoms with E-state index in [1.165, 1.54) is 6.92 Å². The fourth-order valence-corrected chi connectivity index (χ4v) is 0.692. The van der Waals surface area contributed by atoms with E-state index in [4.69, 9.17) is 10.2 Å². The number of hydrogen-bond donors (Lipinski definition) is 3. The van der Waals surface area contributed by atoms with Crippen molar-refractivity contribution >= 4 is 17.8 Å². The van der Waals surface area contributed by atoms with Crippen LogP contribution >= 0.6 is 0 Å². The third kappa shape index (κ3) is 5.66. The number of carboxylic acids is 2. The van der Waals surface area contributed by atoms with Crippen LogP contribution in [0.4, 0.5) is 0 Å².